The number of aromatic nitrogens is 1. The van der Waals surface area contributed by atoms with Gasteiger partial charge in [-0.2, -0.15) is 0 Å². The number of likely N-dealkylation sites (tertiary alicyclic amines) is 1. The first-order valence-corrected chi connectivity index (χ1v) is 13.0. The van der Waals surface area contributed by atoms with Gasteiger partial charge >= 0.3 is 0 Å². The molecule has 1 saturated heterocycles. The highest BCUT2D eigenvalue weighted by Crippen LogP contribution is 2.32. The molecule has 1 aliphatic heterocycles. The lowest BCUT2D eigenvalue weighted by atomic mass is 10.1. The molecular formula is C22H23ClF2N4O2S2. The Hall–Kier alpha value is -2.27. The van der Waals surface area contributed by atoms with E-state index in [0.29, 0.717) is 11.6 Å². The highest BCUT2D eigenvalue weighted by molar-refractivity contribution is 7.93. The van der Waals surface area contributed by atoms with Crippen LogP contribution in [0.2, 0.25) is 5.02 Å². The molecule has 2 heterocycles. The van der Waals surface area contributed by atoms with Crippen LogP contribution in [0.1, 0.15) is 24.0 Å². The van der Waals surface area contributed by atoms with Crippen LogP contribution in [-0.2, 0) is 16.6 Å². The Morgan fingerprint density at radius 1 is 1.30 bits per heavy atom. The normalized spacial score (nSPS) is 16.9. The van der Waals surface area contributed by atoms with E-state index in [0.717, 1.165) is 30.8 Å². The van der Waals surface area contributed by atoms with Gasteiger partial charge in [0.15, 0.2) is 5.13 Å². The van der Waals surface area contributed by atoms with Crippen molar-refractivity contribution in [2.45, 2.75) is 30.3 Å². The monoisotopic (exact) mass is 512 g/mol. The van der Waals surface area contributed by atoms with E-state index < -0.39 is 16.4 Å². The maximum absolute atomic E-state index is 13.0. The second kappa shape index (κ2) is 9.92. The van der Waals surface area contributed by atoms with Crippen molar-refractivity contribution in [3.63, 3.8) is 0 Å². The Balaban J connectivity index is 1.42. The van der Waals surface area contributed by atoms with E-state index in [1.807, 2.05) is 18.0 Å². The van der Waals surface area contributed by atoms with Gasteiger partial charge < -0.3 is 4.90 Å². The molecule has 0 radical (unpaired) electrons. The maximum Gasteiger partial charge on any atom is 0.263 e. The van der Waals surface area contributed by atoms with Gasteiger partial charge in [-0.15, -0.1) is 11.3 Å². The molecule has 0 saturated carbocycles. The van der Waals surface area contributed by atoms with E-state index in [-0.39, 0.29) is 21.6 Å². The summed E-state index contributed by atoms with van der Waals surface area (Å²) < 4.78 is 53.6. The number of likely N-dealkylation sites (N-methyl/N-ethyl adjacent to an activating group) is 1. The molecule has 1 unspecified atom stereocenters. The van der Waals surface area contributed by atoms with Crippen molar-refractivity contribution < 1.29 is 17.2 Å². The van der Waals surface area contributed by atoms with Crippen molar-refractivity contribution >= 4 is 43.8 Å². The molecule has 0 amide bonds. The molecule has 0 spiro atoms. The summed E-state index contributed by atoms with van der Waals surface area (Å²) in [5, 5.41) is 2.31. The number of hydrogen-bond donors (Lipinski definition) is 1. The summed E-state index contributed by atoms with van der Waals surface area (Å²) in [6.07, 6.45) is -0.0748. The Morgan fingerprint density at radius 2 is 2.12 bits per heavy atom. The third-order valence-corrected chi connectivity index (χ3v) is 8.12. The van der Waals surface area contributed by atoms with E-state index in [2.05, 4.69) is 14.6 Å². The van der Waals surface area contributed by atoms with Crippen molar-refractivity contribution in [1.82, 2.24) is 9.88 Å². The average Bonchev–Trinajstić information content (AvgIpc) is 3.45. The second-order valence-corrected chi connectivity index (χ2v) is 10.9. The van der Waals surface area contributed by atoms with Crippen LogP contribution in [0.15, 0.2) is 58.9 Å². The SMILES string of the molecule is CN(c1ccc(S(=O)(=O)Nc2nccs2)cc1Cl)C1CCN(Cc2cccc(C(F)F)c2)C1. The molecule has 1 aliphatic rings. The first-order chi connectivity index (χ1) is 15.7. The molecular weight excluding hydrogens is 490 g/mol. The lowest BCUT2D eigenvalue weighted by Crippen LogP contribution is -2.34. The van der Waals surface area contributed by atoms with Crippen LogP contribution in [0.5, 0.6) is 0 Å². The predicted molar refractivity (Wildman–Crippen MR) is 128 cm³/mol. The smallest absolute Gasteiger partial charge is 0.263 e. The summed E-state index contributed by atoms with van der Waals surface area (Å²) in [5.41, 5.74) is 1.62. The fourth-order valence-corrected chi connectivity index (χ4v) is 6.14. The first-order valence-electron chi connectivity index (χ1n) is 10.3. The van der Waals surface area contributed by atoms with Crippen LogP contribution in [0, 0.1) is 0 Å². The number of anilines is 2. The third kappa shape index (κ3) is 5.63. The largest absolute Gasteiger partial charge is 0.369 e. The van der Waals surface area contributed by atoms with E-state index >= 15 is 0 Å². The highest BCUT2D eigenvalue weighted by Gasteiger charge is 2.28. The first kappa shape index (κ1) is 23.9. The molecule has 3 aromatic rings. The number of nitrogens with one attached hydrogen (secondary N) is 1. The van der Waals surface area contributed by atoms with E-state index in [9.17, 15) is 17.2 Å². The van der Waals surface area contributed by atoms with E-state index in [4.69, 9.17) is 11.6 Å². The lowest BCUT2D eigenvalue weighted by Gasteiger charge is -2.28. The molecule has 1 N–H and O–H groups in total. The quantitative estimate of drug-likeness (QED) is 0.447. The Bertz CT molecular complexity index is 1210. The topological polar surface area (TPSA) is 65.5 Å². The van der Waals surface area contributed by atoms with Gasteiger partial charge in [0.05, 0.1) is 15.6 Å². The number of halogens is 3. The molecule has 1 aromatic heterocycles. The molecule has 6 nitrogen and oxygen atoms in total. The van der Waals surface area contributed by atoms with Crippen molar-refractivity contribution in [3.05, 3.63) is 70.2 Å². The molecule has 33 heavy (non-hydrogen) atoms. The fourth-order valence-electron chi connectivity index (χ4n) is 3.94. The van der Waals surface area contributed by atoms with Gasteiger partial charge in [-0.1, -0.05) is 29.8 Å². The van der Waals surface area contributed by atoms with Crippen LogP contribution >= 0.6 is 22.9 Å². The number of rotatable bonds is 8. The summed E-state index contributed by atoms with van der Waals surface area (Å²) in [7, 11) is -1.86. The molecule has 0 bridgehead atoms. The number of benzene rings is 2. The van der Waals surface area contributed by atoms with Crippen molar-refractivity contribution in [1.29, 1.82) is 0 Å². The number of sulfonamides is 1. The minimum atomic E-state index is -3.79. The molecule has 11 heteroatoms. The van der Waals surface area contributed by atoms with Crippen LogP contribution in [0.25, 0.3) is 0 Å². The summed E-state index contributed by atoms with van der Waals surface area (Å²) in [6, 6.07) is 11.3. The average molecular weight is 513 g/mol. The molecule has 0 aliphatic carbocycles. The fraction of sp³-hybridized carbons (Fsp3) is 0.318. The maximum atomic E-state index is 13.0. The van der Waals surface area contributed by atoms with Crippen molar-refractivity contribution in [2.75, 3.05) is 29.8 Å². The van der Waals surface area contributed by atoms with Gasteiger partial charge in [0, 0.05) is 49.9 Å². The van der Waals surface area contributed by atoms with Crippen LogP contribution in [0.3, 0.4) is 0 Å². The molecule has 4 rings (SSSR count). The number of nitrogens with zero attached hydrogens (tertiary/aromatic N) is 3. The lowest BCUT2D eigenvalue weighted by molar-refractivity contribution is 0.151. The summed E-state index contributed by atoms with van der Waals surface area (Å²) in [4.78, 5) is 8.27. The molecule has 1 atom stereocenters. The van der Waals surface area contributed by atoms with Gasteiger partial charge in [0.2, 0.25) is 0 Å². The van der Waals surface area contributed by atoms with Gasteiger partial charge in [-0.25, -0.2) is 22.2 Å². The summed E-state index contributed by atoms with van der Waals surface area (Å²) in [6.45, 7) is 2.17. The third-order valence-electron chi connectivity index (χ3n) is 5.67. The zero-order valence-electron chi connectivity index (χ0n) is 17.8. The predicted octanol–water partition coefficient (Wildman–Crippen LogP) is 5.25. The summed E-state index contributed by atoms with van der Waals surface area (Å²) in [5.74, 6) is 0. The van der Waals surface area contributed by atoms with Gasteiger partial charge in [0.1, 0.15) is 0 Å². The molecule has 2 aromatic carbocycles. The van der Waals surface area contributed by atoms with Crippen LogP contribution in [0.4, 0.5) is 19.6 Å². The zero-order valence-corrected chi connectivity index (χ0v) is 20.2. The summed E-state index contributed by atoms with van der Waals surface area (Å²) >= 11 is 7.66. The molecule has 1 fully saturated rings. The van der Waals surface area contributed by atoms with Gasteiger partial charge in [-0.3, -0.25) is 9.62 Å². The Kier molecular flexibility index (Phi) is 7.18. The van der Waals surface area contributed by atoms with Crippen LogP contribution in [-0.4, -0.2) is 44.5 Å². The van der Waals surface area contributed by atoms with Gasteiger partial charge in [-0.05, 0) is 36.2 Å². The van der Waals surface area contributed by atoms with Crippen molar-refractivity contribution in [2.24, 2.45) is 0 Å². The highest BCUT2D eigenvalue weighted by atomic mass is 35.5. The molecule has 176 valence electrons. The minimum Gasteiger partial charge on any atom is -0.369 e. The number of thiazole rings is 1. The minimum absolute atomic E-state index is 0.0338. The number of alkyl halides is 2. The van der Waals surface area contributed by atoms with Crippen molar-refractivity contribution in [3.8, 4) is 0 Å². The number of hydrogen-bond acceptors (Lipinski definition) is 6. The van der Waals surface area contributed by atoms with Gasteiger partial charge in [0.25, 0.3) is 16.4 Å². The van der Waals surface area contributed by atoms with Crippen LogP contribution < -0.4 is 9.62 Å². The zero-order chi connectivity index (χ0) is 23.6. The Labute approximate surface area is 200 Å². The second-order valence-electron chi connectivity index (χ2n) is 7.89. The van der Waals surface area contributed by atoms with E-state index in [1.165, 1.54) is 35.7 Å². The standard InChI is InChI=1S/C22H23ClF2N4O2S2/c1-28(17-7-9-29(14-17)13-15-3-2-4-16(11-15)21(24)25)20-6-5-18(12-19(20)23)33(30,31)27-22-26-8-10-32-22/h2-6,8,10-12,17,21H,7,9,13-14H2,1H3,(H,26,27). The van der Waals surface area contributed by atoms with E-state index in [1.54, 1.807) is 23.6 Å². The Morgan fingerprint density at radius 3 is 2.82 bits per heavy atom.